The van der Waals surface area contributed by atoms with Crippen LogP contribution >= 0.6 is 23.4 Å². The van der Waals surface area contributed by atoms with E-state index in [4.69, 9.17) is 21.1 Å². The fraction of sp³-hybridized carbons (Fsp3) is 0.278. The number of methoxy groups -OCH3 is 2. The minimum absolute atomic E-state index is 0.0562. The molecule has 3 rings (SSSR count). The zero-order chi connectivity index (χ0) is 17.1. The van der Waals surface area contributed by atoms with Gasteiger partial charge in [-0.05, 0) is 42.3 Å². The Kier molecular flexibility index (Phi) is 5.21. The molecule has 2 aromatic carbocycles. The number of carbonyl (C=O) groups excluding carboxylic acids is 1. The molecule has 6 heteroatoms. The summed E-state index contributed by atoms with van der Waals surface area (Å²) in [5.74, 6) is 1.93. The van der Waals surface area contributed by atoms with Crippen LogP contribution in [0.5, 0.6) is 11.5 Å². The van der Waals surface area contributed by atoms with Crippen molar-refractivity contribution in [2.45, 2.75) is 17.4 Å². The van der Waals surface area contributed by atoms with Crippen LogP contribution < -0.4 is 14.8 Å². The Bertz CT molecular complexity index is 766. The van der Waals surface area contributed by atoms with Gasteiger partial charge in [0.1, 0.15) is 11.5 Å². The summed E-state index contributed by atoms with van der Waals surface area (Å²) in [5.41, 5.74) is 1.56. The fourth-order valence-electron chi connectivity index (χ4n) is 2.74. The quantitative estimate of drug-likeness (QED) is 0.878. The highest BCUT2D eigenvalue weighted by Crippen LogP contribution is 2.38. The monoisotopic (exact) mass is 363 g/mol. The number of nitrogens with one attached hydrogen (secondary N) is 1. The fourth-order valence-corrected chi connectivity index (χ4v) is 4.02. The van der Waals surface area contributed by atoms with Gasteiger partial charge < -0.3 is 14.8 Å². The van der Waals surface area contributed by atoms with Crippen LogP contribution in [0.15, 0.2) is 41.3 Å². The second-order valence-electron chi connectivity index (χ2n) is 5.41. The van der Waals surface area contributed by atoms with Crippen molar-refractivity contribution in [1.29, 1.82) is 0 Å². The van der Waals surface area contributed by atoms with Gasteiger partial charge >= 0.3 is 0 Å². The summed E-state index contributed by atoms with van der Waals surface area (Å²) in [6, 6.07) is 10.9. The van der Waals surface area contributed by atoms with Crippen LogP contribution in [0.1, 0.15) is 28.4 Å². The molecule has 0 bridgehead atoms. The molecule has 4 nitrogen and oxygen atoms in total. The minimum Gasteiger partial charge on any atom is -0.497 e. The van der Waals surface area contributed by atoms with E-state index in [2.05, 4.69) is 5.32 Å². The molecule has 1 atom stereocenters. The summed E-state index contributed by atoms with van der Waals surface area (Å²) >= 11 is 7.91. The molecule has 0 radical (unpaired) electrons. The van der Waals surface area contributed by atoms with Gasteiger partial charge in [0, 0.05) is 21.7 Å². The molecule has 126 valence electrons. The average molecular weight is 364 g/mol. The van der Waals surface area contributed by atoms with Crippen molar-refractivity contribution < 1.29 is 14.3 Å². The molecule has 24 heavy (non-hydrogen) atoms. The van der Waals surface area contributed by atoms with Crippen LogP contribution in [0.25, 0.3) is 0 Å². The third-order valence-corrected chi connectivity index (χ3v) is 5.33. The molecule has 1 N–H and O–H groups in total. The number of hydrogen-bond acceptors (Lipinski definition) is 4. The van der Waals surface area contributed by atoms with Crippen LogP contribution in [0, 0.1) is 0 Å². The van der Waals surface area contributed by atoms with Crippen molar-refractivity contribution in [3.63, 3.8) is 0 Å². The Labute approximate surface area is 150 Å². The first-order chi connectivity index (χ1) is 11.6. The lowest BCUT2D eigenvalue weighted by Crippen LogP contribution is -2.31. The standard InChI is InChI=1S/C18H18ClNO3S/c1-22-12-4-5-13(16(10-12)23-2)18(21)20-15-7-8-24-17-6-3-11(19)9-14(15)17/h3-6,9-10,15H,7-8H2,1-2H3,(H,20,21). The molecule has 1 aliphatic rings. The van der Waals surface area contributed by atoms with Crippen LogP contribution in [0.3, 0.4) is 0 Å². The highest BCUT2D eigenvalue weighted by Gasteiger charge is 2.24. The summed E-state index contributed by atoms with van der Waals surface area (Å²) in [6.45, 7) is 0. The van der Waals surface area contributed by atoms with E-state index in [9.17, 15) is 4.79 Å². The lowest BCUT2D eigenvalue weighted by molar-refractivity contribution is 0.0932. The lowest BCUT2D eigenvalue weighted by Gasteiger charge is -2.26. The average Bonchev–Trinajstić information content (AvgIpc) is 2.61. The first-order valence-electron chi connectivity index (χ1n) is 7.57. The number of amides is 1. The van der Waals surface area contributed by atoms with Crippen molar-refractivity contribution in [2.75, 3.05) is 20.0 Å². The molecule has 0 fully saturated rings. The number of hydrogen-bond donors (Lipinski definition) is 1. The van der Waals surface area contributed by atoms with Crippen LogP contribution in [0.2, 0.25) is 5.02 Å². The van der Waals surface area contributed by atoms with Crippen LogP contribution in [0.4, 0.5) is 0 Å². The molecule has 2 aromatic rings. The maximum Gasteiger partial charge on any atom is 0.255 e. The minimum atomic E-state index is -0.169. The number of rotatable bonds is 4. The van der Waals surface area contributed by atoms with Gasteiger partial charge in [0.05, 0.1) is 25.8 Å². The predicted molar refractivity (Wildman–Crippen MR) is 96.5 cm³/mol. The smallest absolute Gasteiger partial charge is 0.255 e. The van der Waals surface area contributed by atoms with Crippen LogP contribution in [-0.4, -0.2) is 25.9 Å². The first-order valence-corrected chi connectivity index (χ1v) is 8.94. The molecule has 0 spiro atoms. The highest BCUT2D eigenvalue weighted by atomic mass is 35.5. The largest absolute Gasteiger partial charge is 0.497 e. The van der Waals surface area contributed by atoms with Gasteiger partial charge in [0.15, 0.2) is 0 Å². The third-order valence-electron chi connectivity index (χ3n) is 3.97. The third kappa shape index (κ3) is 3.47. The zero-order valence-electron chi connectivity index (χ0n) is 13.5. The van der Waals surface area contributed by atoms with Gasteiger partial charge in [-0.1, -0.05) is 11.6 Å². The van der Waals surface area contributed by atoms with E-state index in [1.807, 2.05) is 18.2 Å². The maximum absolute atomic E-state index is 12.7. The molecule has 0 aliphatic carbocycles. The van der Waals surface area contributed by atoms with Crippen LogP contribution in [-0.2, 0) is 0 Å². The van der Waals surface area contributed by atoms with Crippen molar-refractivity contribution in [3.05, 3.63) is 52.5 Å². The Balaban J connectivity index is 1.85. The van der Waals surface area contributed by atoms with E-state index < -0.39 is 0 Å². The van der Waals surface area contributed by atoms with Gasteiger partial charge in [-0.2, -0.15) is 0 Å². The predicted octanol–water partition coefficient (Wildman–Crippen LogP) is 4.32. The second-order valence-corrected chi connectivity index (χ2v) is 6.98. The number of ether oxygens (including phenoxy) is 2. The van der Waals surface area contributed by atoms with Gasteiger partial charge in [0.25, 0.3) is 5.91 Å². The van der Waals surface area contributed by atoms with Gasteiger partial charge in [-0.25, -0.2) is 0 Å². The van der Waals surface area contributed by atoms with Crippen molar-refractivity contribution in [1.82, 2.24) is 5.32 Å². The van der Waals surface area contributed by atoms with Crippen molar-refractivity contribution >= 4 is 29.3 Å². The SMILES string of the molecule is COc1ccc(C(=O)NC2CCSc3ccc(Cl)cc32)c(OC)c1. The Morgan fingerprint density at radius 1 is 1.21 bits per heavy atom. The molecule has 0 aromatic heterocycles. The summed E-state index contributed by atoms with van der Waals surface area (Å²) in [4.78, 5) is 13.9. The molecular formula is C18H18ClNO3S. The maximum atomic E-state index is 12.7. The van der Waals surface area contributed by atoms with Crippen molar-refractivity contribution in [3.8, 4) is 11.5 Å². The molecule has 1 heterocycles. The van der Waals surface area contributed by atoms with E-state index in [1.165, 1.54) is 7.11 Å². The van der Waals surface area contributed by atoms with Gasteiger partial charge in [0.2, 0.25) is 0 Å². The van der Waals surface area contributed by atoms with E-state index in [-0.39, 0.29) is 11.9 Å². The number of carbonyl (C=O) groups is 1. The first kappa shape index (κ1) is 17.0. The highest BCUT2D eigenvalue weighted by molar-refractivity contribution is 7.99. The summed E-state index contributed by atoms with van der Waals surface area (Å²) < 4.78 is 10.5. The topological polar surface area (TPSA) is 47.6 Å². The van der Waals surface area contributed by atoms with Crippen molar-refractivity contribution in [2.24, 2.45) is 0 Å². The molecule has 1 unspecified atom stereocenters. The van der Waals surface area contributed by atoms with E-state index in [1.54, 1.807) is 37.1 Å². The normalized spacial score (nSPS) is 16.2. The van der Waals surface area contributed by atoms with Gasteiger partial charge in [-0.3, -0.25) is 4.79 Å². The summed E-state index contributed by atoms with van der Waals surface area (Å²) in [7, 11) is 3.12. The molecule has 0 saturated heterocycles. The zero-order valence-corrected chi connectivity index (χ0v) is 15.0. The molecular weight excluding hydrogens is 346 g/mol. The van der Waals surface area contributed by atoms with E-state index in [0.29, 0.717) is 22.1 Å². The second kappa shape index (κ2) is 7.36. The molecule has 1 amide bonds. The Hall–Kier alpha value is -1.85. The number of thioether (sulfide) groups is 1. The molecule has 0 saturated carbocycles. The summed E-state index contributed by atoms with van der Waals surface area (Å²) in [5, 5.41) is 3.78. The molecule has 1 aliphatic heterocycles. The number of fused-ring (bicyclic) bond motifs is 1. The summed E-state index contributed by atoms with van der Waals surface area (Å²) in [6.07, 6.45) is 0.863. The van der Waals surface area contributed by atoms with Gasteiger partial charge in [-0.15, -0.1) is 11.8 Å². The number of benzene rings is 2. The Morgan fingerprint density at radius 3 is 2.79 bits per heavy atom. The van der Waals surface area contributed by atoms with E-state index in [0.717, 1.165) is 22.6 Å². The van der Waals surface area contributed by atoms with E-state index >= 15 is 0 Å². The lowest BCUT2D eigenvalue weighted by atomic mass is 10.0. The Morgan fingerprint density at radius 2 is 2.04 bits per heavy atom. The number of halogens is 1.